The number of benzene rings is 2. The van der Waals surface area contributed by atoms with Crippen molar-refractivity contribution in [3.8, 4) is 34.3 Å². The monoisotopic (exact) mass is 344 g/mol. The highest BCUT2D eigenvalue weighted by atomic mass is 35.5. The lowest BCUT2D eigenvalue weighted by molar-refractivity contribution is 0.315. The van der Waals surface area contributed by atoms with Crippen LogP contribution >= 0.6 is 11.6 Å². The summed E-state index contributed by atoms with van der Waals surface area (Å²) < 4.78 is 11.3. The Hall–Kier alpha value is -2.66. The second-order valence-corrected chi connectivity index (χ2v) is 5.63. The van der Waals surface area contributed by atoms with Gasteiger partial charge in [0.2, 0.25) is 0 Å². The van der Waals surface area contributed by atoms with Crippen LogP contribution in [-0.2, 0) is 0 Å². The zero-order valence-electron chi connectivity index (χ0n) is 13.1. The Labute approximate surface area is 144 Å². The lowest BCUT2D eigenvalue weighted by Gasteiger charge is -2.10. The molecule has 0 radical (unpaired) electrons. The molecule has 0 atom stereocenters. The van der Waals surface area contributed by atoms with Crippen LogP contribution in [-0.4, -0.2) is 21.9 Å². The molecule has 0 aliphatic rings. The molecule has 0 aliphatic carbocycles. The van der Waals surface area contributed by atoms with Gasteiger partial charge in [-0.25, -0.2) is 0 Å². The number of halogens is 1. The summed E-state index contributed by atoms with van der Waals surface area (Å²) in [6.45, 7) is 2.63. The fourth-order valence-electron chi connectivity index (χ4n) is 2.21. The van der Waals surface area contributed by atoms with Crippen molar-refractivity contribution in [1.82, 2.24) is 10.2 Å². The number of hydrogen-bond acceptors (Lipinski definition) is 4. The molecule has 0 fully saturated rings. The average Bonchev–Trinajstić information content (AvgIpc) is 3.03. The minimum atomic E-state index is 0.0915. The van der Waals surface area contributed by atoms with Crippen LogP contribution in [0.15, 0.2) is 48.7 Å². The summed E-state index contributed by atoms with van der Waals surface area (Å²) in [5, 5.41) is 17.8. The average molecular weight is 345 g/mol. The molecule has 0 bridgehead atoms. The number of phenols is 1. The SMILES string of the molecule is CCCOc1ccc(-c2[nH]ncc2Oc2ccc(Cl)cc2)c(O)c1. The molecule has 0 aliphatic heterocycles. The smallest absolute Gasteiger partial charge is 0.173 e. The number of rotatable bonds is 6. The number of nitrogens with zero attached hydrogens (tertiary/aromatic N) is 1. The molecule has 2 aromatic carbocycles. The van der Waals surface area contributed by atoms with Crippen molar-refractivity contribution >= 4 is 11.6 Å². The van der Waals surface area contributed by atoms with E-state index in [1.807, 2.05) is 6.92 Å². The normalized spacial score (nSPS) is 10.6. The molecule has 6 heteroatoms. The van der Waals surface area contributed by atoms with E-state index in [-0.39, 0.29) is 5.75 Å². The number of ether oxygens (including phenoxy) is 2. The van der Waals surface area contributed by atoms with E-state index in [0.29, 0.717) is 40.1 Å². The predicted octanol–water partition coefficient (Wildman–Crippen LogP) is 5.02. The van der Waals surface area contributed by atoms with Gasteiger partial charge in [-0.15, -0.1) is 0 Å². The van der Waals surface area contributed by atoms with Crippen LogP contribution < -0.4 is 9.47 Å². The van der Waals surface area contributed by atoms with Crippen LogP contribution in [0.25, 0.3) is 11.3 Å². The summed E-state index contributed by atoms with van der Waals surface area (Å²) in [6.07, 6.45) is 2.47. The first kappa shape index (κ1) is 16.2. The standard InChI is InChI=1S/C18H17ClN2O3/c1-2-9-23-14-7-8-15(16(22)10-14)18-17(11-20-21-18)24-13-5-3-12(19)4-6-13/h3-8,10-11,22H,2,9H2,1H3,(H,20,21). The third kappa shape index (κ3) is 3.63. The fraction of sp³-hybridized carbons (Fsp3) is 0.167. The Morgan fingerprint density at radius 3 is 2.58 bits per heavy atom. The predicted molar refractivity (Wildman–Crippen MR) is 93.0 cm³/mol. The number of phenolic OH excluding ortho intramolecular Hbond substituents is 1. The van der Waals surface area contributed by atoms with Gasteiger partial charge < -0.3 is 14.6 Å². The molecule has 1 aromatic heterocycles. The molecule has 0 amide bonds. The Morgan fingerprint density at radius 2 is 1.88 bits per heavy atom. The maximum absolute atomic E-state index is 10.3. The van der Waals surface area contributed by atoms with Gasteiger partial charge in [-0.1, -0.05) is 18.5 Å². The summed E-state index contributed by atoms with van der Waals surface area (Å²) in [4.78, 5) is 0. The number of aromatic hydroxyl groups is 1. The minimum absolute atomic E-state index is 0.0915. The number of H-pyrrole nitrogens is 1. The van der Waals surface area contributed by atoms with Crippen molar-refractivity contribution in [2.75, 3.05) is 6.61 Å². The topological polar surface area (TPSA) is 67.4 Å². The molecule has 124 valence electrons. The molecular formula is C18H17ClN2O3. The van der Waals surface area contributed by atoms with Gasteiger partial charge in [0, 0.05) is 16.7 Å². The molecule has 0 spiro atoms. The number of aromatic amines is 1. The summed E-state index contributed by atoms with van der Waals surface area (Å²) in [7, 11) is 0. The number of nitrogens with one attached hydrogen (secondary N) is 1. The van der Waals surface area contributed by atoms with Crippen molar-refractivity contribution < 1.29 is 14.6 Å². The summed E-state index contributed by atoms with van der Waals surface area (Å²) in [5.41, 5.74) is 1.17. The van der Waals surface area contributed by atoms with Crippen molar-refractivity contribution in [1.29, 1.82) is 0 Å². The van der Waals surface area contributed by atoms with E-state index >= 15 is 0 Å². The number of hydrogen-bond donors (Lipinski definition) is 2. The van der Waals surface area contributed by atoms with Gasteiger partial charge in [0.25, 0.3) is 0 Å². The van der Waals surface area contributed by atoms with E-state index in [1.54, 1.807) is 48.7 Å². The molecule has 3 aromatic rings. The Balaban J connectivity index is 1.85. The first-order valence-electron chi connectivity index (χ1n) is 7.60. The second-order valence-electron chi connectivity index (χ2n) is 5.19. The van der Waals surface area contributed by atoms with E-state index in [9.17, 15) is 5.11 Å². The maximum atomic E-state index is 10.3. The lowest BCUT2D eigenvalue weighted by Crippen LogP contribution is -1.95. The zero-order valence-corrected chi connectivity index (χ0v) is 13.9. The van der Waals surface area contributed by atoms with Crippen LogP contribution in [0.5, 0.6) is 23.0 Å². The molecule has 5 nitrogen and oxygen atoms in total. The van der Waals surface area contributed by atoms with E-state index in [4.69, 9.17) is 21.1 Å². The molecule has 0 saturated heterocycles. The van der Waals surface area contributed by atoms with Crippen LogP contribution in [0.2, 0.25) is 5.02 Å². The molecule has 0 unspecified atom stereocenters. The highest BCUT2D eigenvalue weighted by molar-refractivity contribution is 6.30. The molecule has 24 heavy (non-hydrogen) atoms. The van der Waals surface area contributed by atoms with Crippen LogP contribution in [0.3, 0.4) is 0 Å². The van der Waals surface area contributed by atoms with Crippen LogP contribution in [0.1, 0.15) is 13.3 Å². The van der Waals surface area contributed by atoms with E-state index < -0.39 is 0 Å². The molecular weight excluding hydrogens is 328 g/mol. The van der Waals surface area contributed by atoms with Gasteiger partial charge in [0.1, 0.15) is 22.9 Å². The zero-order chi connectivity index (χ0) is 16.9. The quantitative estimate of drug-likeness (QED) is 0.659. The van der Waals surface area contributed by atoms with Gasteiger partial charge in [-0.2, -0.15) is 5.10 Å². The van der Waals surface area contributed by atoms with Gasteiger partial charge in [-0.3, -0.25) is 5.10 Å². The highest BCUT2D eigenvalue weighted by Crippen LogP contribution is 2.38. The highest BCUT2D eigenvalue weighted by Gasteiger charge is 2.14. The van der Waals surface area contributed by atoms with Crippen molar-refractivity contribution in [2.24, 2.45) is 0 Å². The van der Waals surface area contributed by atoms with Crippen LogP contribution in [0.4, 0.5) is 0 Å². The van der Waals surface area contributed by atoms with Gasteiger partial charge in [0.15, 0.2) is 5.75 Å². The van der Waals surface area contributed by atoms with E-state index in [1.165, 1.54) is 0 Å². The van der Waals surface area contributed by atoms with Crippen molar-refractivity contribution in [3.63, 3.8) is 0 Å². The maximum Gasteiger partial charge on any atom is 0.173 e. The largest absolute Gasteiger partial charge is 0.507 e. The molecule has 0 saturated carbocycles. The second kappa shape index (κ2) is 7.27. The summed E-state index contributed by atoms with van der Waals surface area (Å²) in [5.74, 6) is 1.85. The third-order valence-corrected chi connectivity index (χ3v) is 3.61. The summed E-state index contributed by atoms with van der Waals surface area (Å²) >= 11 is 5.87. The van der Waals surface area contributed by atoms with Crippen molar-refractivity contribution in [3.05, 3.63) is 53.7 Å². The first-order valence-corrected chi connectivity index (χ1v) is 7.98. The van der Waals surface area contributed by atoms with Gasteiger partial charge in [0.05, 0.1) is 12.8 Å². The molecule has 3 rings (SSSR count). The Bertz CT molecular complexity index is 815. The Morgan fingerprint density at radius 1 is 1.12 bits per heavy atom. The van der Waals surface area contributed by atoms with Crippen LogP contribution in [0, 0.1) is 0 Å². The number of aromatic nitrogens is 2. The molecule has 2 N–H and O–H groups in total. The third-order valence-electron chi connectivity index (χ3n) is 3.36. The fourth-order valence-corrected chi connectivity index (χ4v) is 2.33. The first-order chi connectivity index (χ1) is 11.7. The summed E-state index contributed by atoms with van der Waals surface area (Å²) in [6, 6.07) is 12.2. The van der Waals surface area contributed by atoms with Gasteiger partial charge in [-0.05, 0) is 42.8 Å². The van der Waals surface area contributed by atoms with E-state index in [2.05, 4.69) is 10.2 Å². The van der Waals surface area contributed by atoms with Crippen molar-refractivity contribution in [2.45, 2.75) is 13.3 Å². The van der Waals surface area contributed by atoms with Gasteiger partial charge >= 0.3 is 0 Å². The Kier molecular flexibility index (Phi) is 4.91. The lowest BCUT2D eigenvalue weighted by atomic mass is 10.1. The van der Waals surface area contributed by atoms with E-state index in [0.717, 1.165) is 6.42 Å². The molecule has 1 heterocycles. The minimum Gasteiger partial charge on any atom is -0.507 e.